The van der Waals surface area contributed by atoms with E-state index in [9.17, 15) is 0 Å². The Hall–Kier alpha value is 1.18. The SMILES string of the molecule is CC[N+](C)(CC)CC.Cl[B-](Cl)(Cl)Cl. The van der Waals surface area contributed by atoms with E-state index < -0.39 is 3.81 Å². The van der Waals surface area contributed by atoms with Crippen molar-refractivity contribution in [1.82, 2.24) is 0 Å². The molecule has 0 atom stereocenters. The minimum atomic E-state index is -2.11. The van der Waals surface area contributed by atoms with Gasteiger partial charge in [0.25, 0.3) is 0 Å². The van der Waals surface area contributed by atoms with Crippen molar-refractivity contribution in [3.63, 3.8) is 0 Å². The second kappa shape index (κ2) is 7.47. The Labute approximate surface area is 101 Å². The molecule has 6 heteroatoms. The highest BCUT2D eigenvalue weighted by Crippen LogP contribution is 2.23. The van der Waals surface area contributed by atoms with Gasteiger partial charge in [0.15, 0.2) is 0 Å². The van der Waals surface area contributed by atoms with Gasteiger partial charge in [-0.25, -0.2) is 0 Å². The zero-order valence-corrected chi connectivity index (χ0v) is 11.7. The molecule has 0 fully saturated rings. The number of nitrogens with zero attached hydrogens (tertiary/aromatic N) is 1. The van der Waals surface area contributed by atoms with Crippen molar-refractivity contribution in [2.24, 2.45) is 0 Å². The molecule has 0 aliphatic heterocycles. The van der Waals surface area contributed by atoms with Gasteiger partial charge >= 0.3 is 3.81 Å². The molecule has 13 heavy (non-hydrogen) atoms. The van der Waals surface area contributed by atoms with Crippen LogP contribution in [0.25, 0.3) is 0 Å². The van der Waals surface area contributed by atoms with E-state index in [1.54, 1.807) is 0 Å². The van der Waals surface area contributed by atoms with Crippen molar-refractivity contribution in [3.05, 3.63) is 0 Å². The molecule has 0 rings (SSSR count). The van der Waals surface area contributed by atoms with Crippen LogP contribution in [0.15, 0.2) is 0 Å². The first kappa shape index (κ1) is 16.6. The van der Waals surface area contributed by atoms with E-state index >= 15 is 0 Å². The van der Waals surface area contributed by atoms with Gasteiger partial charge in [-0.1, -0.05) is 0 Å². The number of halogens is 4. The van der Waals surface area contributed by atoms with Crippen LogP contribution in [0.2, 0.25) is 0 Å². The van der Waals surface area contributed by atoms with Gasteiger partial charge < -0.3 is 50.3 Å². The first-order chi connectivity index (χ1) is 5.68. The third-order valence-electron chi connectivity index (χ3n) is 2.29. The van der Waals surface area contributed by atoms with Crippen LogP contribution in [0.5, 0.6) is 0 Å². The summed E-state index contributed by atoms with van der Waals surface area (Å²) in [5, 5.41) is 0. The second-order valence-electron chi connectivity index (χ2n) is 3.06. The fraction of sp³-hybridized carbons (Fsp3) is 1.00. The van der Waals surface area contributed by atoms with E-state index in [0.29, 0.717) is 0 Å². The topological polar surface area (TPSA) is 0 Å². The highest BCUT2D eigenvalue weighted by atomic mass is 35.6. The molecule has 0 aliphatic carbocycles. The molecule has 0 amide bonds. The molecular weight excluding hydrogens is 251 g/mol. The Balaban J connectivity index is 0. The molecule has 0 aromatic rings. The molecule has 0 saturated heterocycles. The summed E-state index contributed by atoms with van der Waals surface area (Å²) in [5.74, 6) is 0. The number of hydrogen-bond acceptors (Lipinski definition) is 0. The van der Waals surface area contributed by atoms with Gasteiger partial charge in [0.2, 0.25) is 0 Å². The summed E-state index contributed by atoms with van der Waals surface area (Å²) in [5.41, 5.74) is 0. The Kier molecular flexibility index (Phi) is 9.55. The first-order valence-electron chi connectivity index (χ1n) is 4.39. The number of rotatable bonds is 3. The van der Waals surface area contributed by atoms with E-state index in [2.05, 4.69) is 27.8 Å². The Morgan fingerprint density at radius 3 is 1.00 bits per heavy atom. The van der Waals surface area contributed by atoms with E-state index in [-0.39, 0.29) is 0 Å². The molecule has 0 radical (unpaired) electrons. The minimum absolute atomic E-state index is 1.21. The summed E-state index contributed by atoms with van der Waals surface area (Å²) in [7, 11) is 2.29. The lowest BCUT2D eigenvalue weighted by molar-refractivity contribution is -0.904. The lowest BCUT2D eigenvalue weighted by Gasteiger charge is -2.30. The normalized spacial score (nSPS) is 12.0. The molecule has 0 saturated carbocycles. The zero-order valence-electron chi connectivity index (χ0n) is 8.66. The molecule has 0 unspecified atom stereocenters. The largest absolute Gasteiger partial charge is 0.332 e. The molecule has 0 heterocycles. The van der Waals surface area contributed by atoms with Crippen LogP contribution in [0.4, 0.5) is 0 Å². The Bertz CT molecular complexity index is 108. The van der Waals surface area contributed by atoms with Gasteiger partial charge in [0.05, 0.1) is 26.7 Å². The van der Waals surface area contributed by atoms with Crippen molar-refractivity contribution in [1.29, 1.82) is 0 Å². The molecule has 1 nitrogen and oxygen atoms in total. The van der Waals surface area contributed by atoms with E-state index in [0.717, 1.165) is 0 Å². The van der Waals surface area contributed by atoms with Crippen LogP contribution in [0.3, 0.4) is 0 Å². The summed E-state index contributed by atoms with van der Waals surface area (Å²) >= 11 is 19.6. The highest BCUT2D eigenvalue weighted by molar-refractivity contribution is 7.81. The standard InChI is InChI=1S/C7H18N.BCl4/c1-5-8(4,6-2)7-3;2-1(3,4)5/h5-7H2,1-4H3;/q+1;-1. The smallest absolute Gasteiger partial charge is 0.328 e. The maximum absolute atomic E-state index is 4.89. The predicted octanol–water partition coefficient (Wildman–Crippen LogP) is 3.87. The molecule has 0 aliphatic rings. The molecule has 0 aromatic heterocycles. The van der Waals surface area contributed by atoms with Crippen molar-refractivity contribution in [2.75, 3.05) is 26.7 Å². The van der Waals surface area contributed by atoms with Crippen LogP contribution in [-0.2, 0) is 0 Å². The van der Waals surface area contributed by atoms with Crippen LogP contribution in [-0.4, -0.2) is 35.0 Å². The van der Waals surface area contributed by atoms with E-state index in [1.165, 1.54) is 24.1 Å². The van der Waals surface area contributed by atoms with Crippen molar-refractivity contribution < 1.29 is 4.48 Å². The second-order valence-corrected chi connectivity index (χ2v) is 7.02. The Morgan fingerprint density at radius 1 is 0.846 bits per heavy atom. The zero-order chi connectivity index (χ0) is 11.1. The molecule has 0 aromatic carbocycles. The van der Waals surface area contributed by atoms with Crippen LogP contribution in [0.1, 0.15) is 20.8 Å². The van der Waals surface area contributed by atoms with Crippen molar-refractivity contribution in [3.8, 4) is 0 Å². The van der Waals surface area contributed by atoms with Crippen LogP contribution >= 0.6 is 45.8 Å². The fourth-order valence-corrected chi connectivity index (χ4v) is 0.671. The summed E-state index contributed by atoms with van der Waals surface area (Å²) in [4.78, 5) is 0. The van der Waals surface area contributed by atoms with Crippen LogP contribution < -0.4 is 0 Å². The van der Waals surface area contributed by atoms with E-state index in [1.807, 2.05) is 0 Å². The van der Waals surface area contributed by atoms with E-state index in [4.69, 9.17) is 45.8 Å². The van der Waals surface area contributed by atoms with Crippen LogP contribution in [0, 0.1) is 0 Å². The van der Waals surface area contributed by atoms with Gasteiger partial charge in [-0.15, -0.1) is 0 Å². The third kappa shape index (κ3) is 15.9. The molecule has 0 bridgehead atoms. The van der Waals surface area contributed by atoms with Gasteiger partial charge in [-0.2, -0.15) is 0 Å². The van der Waals surface area contributed by atoms with Crippen molar-refractivity contribution in [2.45, 2.75) is 20.8 Å². The average molecular weight is 269 g/mol. The fourth-order valence-electron chi connectivity index (χ4n) is 0.671. The van der Waals surface area contributed by atoms with Gasteiger partial charge in [0.1, 0.15) is 0 Å². The number of hydrogen-bond donors (Lipinski definition) is 0. The first-order valence-corrected chi connectivity index (χ1v) is 6.14. The summed E-state index contributed by atoms with van der Waals surface area (Å²) in [6.07, 6.45) is 0. The summed E-state index contributed by atoms with van der Waals surface area (Å²) in [6.45, 7) is 10.5. The van der Waals surface area contributed by atoms with Gasteiger partial charge in [-0.3, -0.25) is 0 Å². The van der Waals surface area contributed by atoms with Crippen molar-refractivity contribution >= 4 is 49.6 Å². The van der Waals surface area contributed by atoms with Gasteiger partial charge in [-0.05, 0) is 20.8 Å². The molecule has 82 valence electrons. The minimum Gasteiger partial charge on any atom is -0.332 e. The average Bonchev–Trinajstić information content (AvgIpc) is 2.00. The lowest BCUT2D eigenvalue weighted by Crippen LogP contribution is -2.42. The number of quaternary nitrogens is 1. The monoisotopic (exact) mass is 267 g/mol. The molecule has 0 N–H and O–H groups in total. The summed E-state index contributed by atoms with van der Waals surface area (Å²) in [6, 6.07) is 0. The van der Waals surface area contributed by atoms with Gasteiger partial charge in [0, 0.05) is 0 Å². The molecule has 0 spiro atoms. The highest BCUT2D eigenvalue weighted by Gasteiger charge is 2.10. The Morgan fingerprint density at radius 2 is 1.00 bits per heavy atom. The quantitative estimate of drug-likeness (QED) is 0.538. The maximum Gasteiger partial charge on any atom is 0.328 e. The lowest BCUT2D eigenvalue weighted by atomic mass is 10.4. The predicted molar refractivity (Wildman–Crippen MR) is 67.0 cm³/mol. The summed E-state index contributed by atoms with van der Waals surface area (Å²) < 4.78 is -0.903. The third-order valence-corrected chi connectivity index (χ3v) is 2.29. The molecular formula is C7H18BCl4N. The maximum atomic E-state index is 4.89.